The van der Waals surface area contributed by atoms with E-state index in [1.165, 1.54) is 10.5 Å². The molecular weight excluding hydrogens is 276 g/mol. The van der Waals surface area contributed by atoms with Crippen LogP contribution in [0.15, 0.2) is 64.5 Å². The Balaban J connectivity index is 1.99. The summed E-state index contributed by atoms with van der Waals surface area (Å²) >= 11 is 1.70. The van der Waals surface area contributed by atoms with E-state index in [-0.39, 0.29) is 0 Å². The molecule has 3 heteroatoms. The summed E-state index contributed by atoms with van der Waals surface area (Å²) in [5.74, 6) is 0.552. The molecule has 0 aliphatic rings. The van der Waals surface area contributed by atoms with Crippen LogP contribution in [0.4, 0.5) is 5.69 Å². The van der Waals surface area contributed by atoms with Crippen LogP contribution in [-0.4, -0.2) is 4.98 Å². The zero-order valence-electron chi connectivity index (χ0n) is 12.2. The number of nitrogens with two attached hydrogens (primary N) is 1. The van der Waals surface area contributed by atoms with Gasteiger partial charge in [-0.05, 0) is 29.7 Å². The van der Waals surface area contributed by atoms with E-state index in [0.29, 0.717) is 5.92 Å². The van der Waals surface area contributed by atoms with E-state index in [2.05, 4.69) is 49.2 Å². The van der Waals surface area contributed by atoms with Gasteiger partial charge in [0.2, 0.25) is 0 Å². The number of pyridine rings is 1. The van der Waals surface area contributed by atoms with Gasteiger partial charge in [-0.1, -0.05) is 55.9 Å². The third-order valence-corrected chi connectivity index (χ3v) is 4.69. The lowest BCUT2D eigenvalue weighted by atomic mass is 10.0. The second-order valence-corrected chi connectivity index (χ2v) is 6.47. The lowest BCUT2D eigenvalue weighted by Gasteiger charge is -2.10. The van der Waals surface area contributed by atoms with E-state index < -0.39 is 0 Å². The highest BCUT2D eigenvalue weighted by atomic mass is 32.2. The molecular formula is C18H18N2S. The van der Waals surface area contributed by atoms with Gasteiger partial charge in [0, 0.05) is 15.2 Å². The number of para-hydroxylation sites is 1. The normalized spacial score (nSPS) is 11.2. The predicted octanol–water partition coefficient (Wildman–Crippen LogP) is 5.09. The van der Waals surface area contributed by atoms with Gasteiger partial charge in [0.25, 0.3) is 0 Å². The zero-order chi connectivity index (χ0) is 14.8. The highest BCUT2D eigenvalue weighted by Gasteiger charge is 2.08. The number of aromatic nitrogens is 1. The minimum absolute atomic E-state index is 0.552. The van der Waals surface area contributed by atoms with Crippen molar-refractivity contribution in [2.45, 2.75) is 29.6 Å². The average molecular weight is 294 g/mol. The first-order valence-electron chi connectivity index (χ1n) is 7.06. The van der Waals surface area contributed by atoms with Gasteiger partial charge in [0.15, 0.2) is 0 Å². The van der Waals surface area contributed by atoms with Crippen molar-refractivity contribution in [3.63, 3.8) is 0 Å². The van der Waals surface area contributed by atoms with Crippen LogP contribution >= 0.6 is 11.8 Å². The summed E-state index contributed by atoms with van der Waals surface area (Å²) in [6, 6.07) is 16.8. The van der Waals surface area contributed by atoms with Gasteiger partial charge in [-0.15, -0.1) is 0 Å². The van der Waals surface area contributed by atoms with Crippen LogP contribution in [0.5, 0.6) is 0 Å². The molecule has 2 nitrogen and oxygen atoms in total. The van der Waals surface area contributed by atoms with Crippen LogP contribution in [0, 0.1) is 0 Å². The Labute approximate surface area is 129 Å². The van der Waals surface area contributed by atoms with E-state index in [9.17, 15) is 0 Å². The van der Waals surface area contributed by atoms with Crippen molar-refractivity contribution in [3.05, 3.63) is 60.3 Å². The topological polar surface area (TPSA) is 38.9 Å². The van der Waals surface area contributed by atoms with Gasteiger partial charge in [-0.25, -0.2) is 0 Å². The molecule has 0 atom stereocenters. The maximum atomic E-state index is 6.13. The lowest BCUT2D eigenvalue weighted by molar-refractivity contribution is 0.865. The maximum absolute atomic E-state index is 6.13. The van der Waals surface area contributed by atoms with Crippen molar-refractivity contribution in [2.75, 3.05) is 5.73 Å². The van der Waals surface area contributed by atoms with Crippen molar-refractivity contribution in [1.82, 2.24) is 4.98 Å². The molecule has 0 fully saturated rings. The van der Waals surface area contributed by atoms with Crippen LogP contribution in [-0.2, 0) is 0 Å². The summed E-state index contributed by atoms with van der Waals surface area (Å²) in [7, 11) is 0. The van der Waals surface area contributed by atoms with Gasteiger partial charge in [-0.3, -0.25) is 4.98 Å². The second-order valence-electron chi connectivity index (χ2n) is 5.39. The molecule has 0 unspecified atom stereocenters. The standard InChI is InChI=1S/C18H18N2S/c1-12(2)13-7-9-14(10-8-13)21-18-15-5-3-4-6-17(15)20-11-16(18)19/h3-12H,19H2,1-2H3. The van der Waals surface area contributed by atoms with E-state index in [1.54, 1.807) is 18.0 Å². The Bertz CT molecular complexity index is 764. The molecule has 3 aromatic rings. The molecule has 0 bridgehead atoms. The van der Waals surface area contributed by atoms with E-state index >= 15 is 0 Å². The first-order valence-corrected chi connectivity index (χ1v) is 7.88. The zero-order valence-corrected chi connectivity index (χ0v) is 13.0. The molecule has 21 heavy (non-hydrogen) atoms. The number of nitrogen functional groups attached to an aromatic ring is 1. The molecule has 106 valence electrons. The molecule has 3 rings (SSSR count). The molecule has 0 aliphatic heterocycles. The summed E-state index contributed by atoms with van der Waals surface area (Å²) in [5, 5.41) is 1.11. The van der Waals surface area contributed by atoms with E-state index in [4.69, 9.17) is 5.73 Å². The Morgan fingerprint density at radius 3 is 2.43 bits per heavy atom. The highest BCUT2D eigenvalue weighted by Crippen LogP contribution is 2.37. The van der Waals surface area contributed by atoms with Crippen molar-refractivity contribution >= 4 is 28.4 Å². The largest absolute Gasteiger partial charge is 0.397 e. The Kier molecular flexibility index (Phi) is 3.84. The summed E-state index contributed by atoms with van der Waals surface area (Å²) in [4.78, 5) is 6.66. The fourth-order valence-electron chi connectivity index (χ4n) is 2.28. The molecule has 0 saturated carbocycles. The summed E-state index contributed by atoms with van der Waals surface area (Å²) < 4.78 is 0. The van der Waals surface area contributed by atoms with Crippen molar-refractivity contribution in [1.29, 1.82) is 0 Å². The third kappa shape index (κ3) is 2.88. The number of rotatable bonds is 3. The number of fused-ring (bicyclic) bond motifs is 1. The minimum atomic E-state index is 0.552. The van der Waals surface area contributed by atoms with Gasteiger partial charge in [0.1, 0.15) is 0 Å². The van der Waals surface area contributed by atoms with Gasteiger partial charge >= 0.3 is 0 Å². The Morgan fingerprint density at radius 1 is 1.00 bits per heavy atom. The third-order valence-electron chi connectivity index (χ3n) is 3.52. The molecule has 0 saturated heterocycles. The molecule has 0 radical (unpaired) electrons. The molecule has 0 spiro atoms. The number of anilines is 1. The summed E-state index contributed by atoms with van der Waals surface area (Å²) in [6.45, 7) is 4.41. The monoisotopic (exact) mass is 294 g/mol. The quantitative estimate of drug-likeness (QED) is 0.731. The molecule has 2 aromatic carbocycles. The Hall–Kier alpha value is -2.00. The SMILES string of the molecule is CC(C)c1ccc(Sc2c(N)cnc3ccccc23)cc1. The lowest BCUT2D eigenvalue weighted by Crippen LogP contribution is -1.92. The molecule has 0 amide bonds. The fourth-order valence-corrected chi connectivity index (χ4v) is 3.24. The maximum Gasteiger partial charge on any atom is 0.0715 e. The Morgan fingerprint density at radius 2 is 1.71 bits per heavy atom. The molecule has 1 heterocycles. The first-order chi connectivity index (χ1) is 10.1. The minimum Gasteiger partial charge on any atom is -0.397 e. The van der Waals surface area contributed by atoms with Gasteiger partial charge in [-0.2, -0.15) is 0 Å². The highest BCUT2D eigenvalue weighted by molar-refractivity contribution is 7.99. The van der Waals surface area contributed by atoms with Crippen molar-refractivity contribution in [2.24, 2.45) is 0 Å². The smallest absolute Gasteiger partial charge is 0.0715 e. The molecule has 1 aromatic heterocycles. The number of nitrogens with zero attached hydrogens (tertiary/aromatic N) is 1. The number of hydrogen-bond donors (Lipinski definition) is 1. The number of hydrogen-bond acceptors (Lipinski definition) is 3. The van der Waals surface area contributed by atoms with E-state index in [0.717, 1.165) is 21.5 Å². The van der Waals surface area contributed by atoms with Crippen LogP contribution in [0.1, 0.15) is 25.3 Å². The molecule has 0 aliphatic carbocycles. The van der Waals surface area contributed by atoms with Crippen LogP contribution in [0.25, 0.3) is 10.9 Å². The van der Waals surface area contributed by atoms with Gasteiger partial charge in [0.05, 0.1) is 17.4 Å². The van der Waals surface area contributed by atoms with Crippen molar-refractivity contribution in [3.8, 4) is 0 Å². The van der Waals surface area contributed by atoms with Crippen LogP contribution < -0.4 is 5.73 Å². The van der Waals surface area contributed by atoms with Crippen LogP contribution in [0.2, 0.25) is 0 Å². The van der Waals surface area contributed by atoms with Crippen molar-refractivity contribution < 1.29 is 0 Å². The van der Waals surface area contributed by atoms with Crippen LogP contribution in [0.3, 0.4) is 0 Å². The first kappa shape index (κ1) is 14.0. The summed E-state index contributed by atoms with van der Waals surface area (Å²) in [6.07, 6.45) is 1.74. The summed E-state index contributed by atoms with van der Waals surface area (Å²) in [5.41, 5.74) is 9.19. The number of benzene rings is 2. The molecule has 2 N–H and O–H groups in total. The fraction of sp³-hybridized carbons (Fsp3) is 0.167. The predicted molar refractivity (Wildman–Crippen MR) is 90.8 cm³/mol. The van der Waals surface area contributed by atoms with Gasteiger partial charge < -0.3 is 5.73 Å². The average Bonchev–Trinajstić information content (AvgIpc) is 2.51. The van der Waals surface area contributed by atoms with E-state index in [1.807, 2.05) is 18.2 Å². The second kappa shape index (κ2) is 5.78.